The van der Waals surface area contributed by atoms with E-state index >= 15 is 0 Å². The molecule has 114 valence electrons. The lowest BCUT2D eigenvalue weighted by atomic mass is 10.0. The standard InChI is InChI=1S/C17H23NO3/c1-5-17(3,4)18-15(19)12-21-16(20)11-10-14-8-6-13(2)7-9-14/h6-11H,5,12H2,1-4H3,(H,18,19)/b11-10+. The van der Waals surface area contributed by atoms with E-state index in [1.54, 1.807) is 6.08 Å². The van der Waals surface area contributed by atoms with E-state index < -0.39 is 5.97 Å². The van der Waals surface area contributed by atoms with Crippen LogP contribution in [0.1, 0.15) is 38.3 Å². The highest BCUT2D eigenvalue weighted by Crippen LogP contribution is 2.07. The van der Waals surface area contributed by atoms with E-state index in [2.05, 4.69) is 5.32 Å². The molecular weight excluding hydrogens is 266 g/mol. The molecule has 0 aliphatic rings. The van der Waals surface area contributed by atoms with Crippen LogP contribution in [0, 0.1) is 6.92 Å². The van der Waals surface area contributed by atoms with Crippen molar-refractivity contribution in [1.82, 2.24) is 5.32 Å². The van der Waals surface area contributed by atoms with Gasteiger partial charge in [-0.15, -0.1) is 0 Å². The summed E-state index contributed by atoms with van der Waals surface area (Å²) in [6, 6.07) is 7.75. The van der Waals surface area contributed by atoms with E-state index in [1.807, 2.05) is 52.0 Å². The normalized spacial score (nSPS) is 11.4. The first kappa shape index (κ1) is 17.0. The number of carbonyl (C=O) groups excluding carboxylic acids is 2. The molecule has 1 amide bonds. The summed E-state index contributed by atoms with van der Waals surface area (Å²) in [5.74, 6) is -0.820. The summed E-state index contributed by atoms with van der Waals surface area (Å²) >= 11 is 0. The second-order valence-electron chi connectivity index (χ2n) is 5.64. The van der Waals surface area contributed by atoms with Crippen LogP contribution in [0.4, 0.5) is 0 Å². The van der Waals surface area contributed by atoms with Gasteiger partial charge in [0.15, 0.2) is 6.61 Å². The molecule has 1 aromatic rings. The predicted octanol–water partition coefficient (Wildman–Crippen LogP) is 2.86. The third-order valence-electron chi connectivity index (χ3n) is 3.20. The number of esters is 1. The first-order chi connectivity index (χ1) is 9.82. The molecule has 0 atom stereocenters. The Kier molecular flexibility index (Phi) is 6.15. The van der Waals surface area contributed by atoms with Crippen LogP contribution in [-0.4, -0.2) is 24.0 Å². The van der Waals surface area contributed by atoms with Crippen LogP contribution in [0.5, 0.6) is 0 Å². The Morgan fingerprint density at radius 3 is 2.43 bits per heavy atom. The van der Waals surface area contributed by atoms with Crippen LogP contribution in [0.3, 0.4) is 0 Å². The lowest BCUT2D eigenvalue weighted by Crippen LogP contribution is -2.44. The van der Waals surface area contributed by atoms with Crippen molar-refractivity contribution < 1.29 is 14.3 Å². The molecule has 0 aliphatic heterocycles. The minimum atomic E-state index is -0.528. The first-order valence-corrected chi connectivity index (χ1v) is 7.05. The molecule has 0 saturated carbocycles. The van der Waals surface area contributed by atoms with Gasteiger partial charge in [0.2, 0.25) is 0 Å². The number of carbonyl (C=O) groups is 2. The van der Waals surface area contributed by atoms with E-state index in [4.69, 9.17) is 4.74 Å². The van der Waals surface area contributed by atoms with Crippen molar-refractivity contribution in [2.75, 3.05) is 6.61 Å². The van der Waals surface area contributed by atoms with Crippen molar-refractivity contribution in [2.45, 2.75) is 39.7 Å². The second-order valence-corrected chi connectivity index (χ2v) is 5.64. The first-order valence-electron chi connectivity index (χ1n) is 7.05. The van der Waals surface area contributed by atoms with E-state index in [9.17, 15) is 9.59 Å². The molecule has 4 heteroatoms. The molecule has 0 radical (unpaired) electrons. The molecule has 0 saturated heterocycles. The zero-order valence-corrected chi connectivity index (χ0v) is 13.1. The zero-order chi connectivity index (χ0) is 15.9. The van der Waals surface area contributed by atoms with Crippen molar-refractivity contribution in [3.05, 3.63) is 41.5 Å². The van der Waals surface area contributed by atoms with Gasteiger partial charge in [0.1, 0.15) is 0 Å². The lowest BCUT2D eigenvalue weighted by Gasteiger charge is -2.24. The SMILES string of the molecule is CCC(C)(C)NC(=O)COC(=O)/C=C/c1ccc(C)cc1. The summed E-state index contributed by atoms with van der Waals surface area (Å²) in [6.07, 6.45) is 3.79. The van der Waals surface area contributed by atoms with Crippen LogP contribution < -0.4 is 5.32 Å². The molecule has 0 fully saturated rings. The van der Waals surface area contributed by atoms with Gasteiger partial charge in [-0.3, -0.25) is 4.79 Å². The summed E-state index contributed by atoms with van der Waals surface area (Å²) in [6.45, 7) is 7.56. The number of amides is 1. The highest BCUT2D eigenvalue weighted by Gasteiger charge is 2.18. The Balaban J connectivity index is 2.40. The van der Waals surface area contributed by atoms with Gasteiger partial charge in [-0.1, -0.05) is 36.8 Å². The van der Waals surface area contributed by atoms with Crippen molar-refractivity contribution in [3.8, 4) is 0 Å². The molecule has 0 spiro atoms. The summed E-state index contributed by atoms with van der Waals surface area (Å²) in [7, 11) is 0. The fourth-order valence-corrected chi connectivity index (χ4v) is 1.53. The number of nitrogens with one attached hydrogen (secondary N) is 1. The van der Waals surface area contributed by atoms with Gasteiger partial charge in [0.25, 0.3) is 5.91 Å². The van der Waals surface area contributed by atoms with E-state index in [0.29, 0.717) is 0 Å². The maximum absolute atomic E-state index is 11.6. The van der Waals surface area contributed by atoms with Gasteiger partial charge >= 0.3 is 5.97 Å². The lowest BCUT2D eigenvalue weighted by molar-refractivity contribution is -0.144. The molecule has 0 aromatic heterocycles. The fourth-order valence-electron chi connectivity index (χ4n) is 1.53. The average Bonchev–Trinajstić information content (AvgIpc) is 2.44. The van der Waals surface area contributed by atoms with Gasteiger partial charge < -0.3 is 10.1 Å². The minimum absolute atomic E-state index is 0.263. The molecule has 1 rings (SSSR count). The van der Waals surface area contributed by atoms with Gasteiger partial charge in [-0.25, -0.2) is 4.79 Å². The number of aryl methyl sites for hydroxylation is 1. The Morgan fingerprint density at radius 2 is 1.86 bits per heavy atom. The Morgan fingerprint density at radius 1 is 1.24 bits per heavy atom. The largest absolute Gasteiger partial charge is 0.452 e. The van der Waals surface area contributed by atoms with Crippen LogP contribution in [-0.2, 0) is 14.3 Å². The molecule has 0 bridgehead atoms. The molecular formula is C17H23NO3. The molecule has 0 unspecified atom stereocenters. The maximum atomic E-state index is 11.6. The van der Waals surface area contributed by atoms with Crippen molar-refractivity contribution in [1.29, 1.82) is 0 Å². The summed E-state index contributed by atoms with van der Waals surface area (Å²) in [4.78, 5) is 23.2. The smallest absolute Gasteiger partial charge is 0.331 e. The summed E-state index contributed by atoms with van der Waals surface area (Å²) in [5.41, 5.74) is 1.78. The fraction of sp³-hybridized carbons (Fsp3) is 0.412. The van der Waals surface area contributed by atoms with Crippen molar-refractivity contribution >= 4 is 18.0 Å². The van der Waals surface area contributed by atoms with Gasteiger partial charge in [-0.2, -0.15) is 0 Å². The third-order valence-corrected chi connectivity index (χ3v) is 3.20. The molecule has 1 N–H and O–H groups in total. The highest BCUT2D eigenvalue weighted by atomic mass is 16.5. The topological polar surface area (TPSA) is 55.4 Å². The molecule has 4 nitrogen and oxygen atoms in total. The number of hydrogen-bond donors (Lipinski definition) is 1. The summed E-state index contributed by atoms with van der Waals surface area (Å²) < 4.78 is 4.90. The third kappa shape index (κ3) is 6.75. The van der Waals surface area contributed by atoms with Crippen LogP contribution in [0.15, 0.2) is 30.3 Å². The predicted molar refractivity (Wildman–Crippen MR) is 83.7 cm³/mol. The Labute approximate surface area is 126 Å². The van der Waals surface area contributed by atoms with E-state index in [0.717, 1.165) is 17.5 Å². The number of benzene rings is 1. The molecule has 1 aromatic carbocycles. The zero-order valence-electron chi connectivity index (χ0n) is 13.1. The van der Waals surface area contributed by atoms with Crippen molar-refractivity contribution in [3.63, 3.8) is 0 Å². The Hall–Kier alpha value is -2.10. The molecule has 21 heavy (non-hydrogen) atoms. The Bertz CT molecular complexity index is 515. The van der Waals surface area contributed by atoms with Crippen LogP contribution in [0.2, 0.25) is 0 Å². The summed E-state index contributed by atoms with van der Waals surface area (Å²) in [5, 5.41) is 2.80. The maximum Gasteiger partial charge on any atom is 0.331 e. The number of rotatable bonds is 6. The quantitative estimate of drug-likeness (QED) is 0.647. The van der Waals surface area contributed by atoms with E-state index in [1.165, 1.54) is 6.08 Å². The molecule has 0 aliphatic carbocycles. The monoisotopic (exact) mass is 289 g/mol. The van der Waals surface area contributed by atoms with E-state index in [-0.39, 0.29) is 18.1 Å². The average molecular weight is 289 g/mol. The van der Waals surface area contributed by atoms with Crippen molar-refractivity contribution in [2.24, 2.45) is 0 Å². The van der Waals surface area contributed by atoms with Crippen LogP contribution >= 0.6 is 0 Å². The van der Waals surface area contributed by atoms with Gasteiger partial charge in [0, 0.05) is 11.6 Å². The van der Waals surface area contributed by atoms with Gasteiger partial charge in [-0.05, 0) is 38.8 Å². The second kappa shape index (κ2) is 7.62. The van der Waals surface area contributed by atoms with Crippen LogP contribution in [0.25, 0.3) is 6.08 Å². The minimum Gasteiger partial charge on any atom is -0.452 e. The number of ether oxygens (including phenoxy) is 1. The number of hydrogen-bond acceptors (Lipinski definition) is 3. The molecule has 0 heterocycles. The van der Waals surface area contributed by atoms with Gasteiger partial charge in [0.05, 0.1) is 0 Å². The highest BCUT2D eigenvalue weighted by molar-refractivity contribution is 5.89.